The van der Waals surface area contributed by atoms with Gasteiger partial charge in [0.1, 0.15) is 0 Å². The Labute approximate surface area is 231 Å². The number of nitro benzene ring substituents is 1. The topological polar surface area (TPSA) is 147 Å². The summed E-state index contributed by atoms with van der Waals surface area (Å²) in [5.74, 6) is -2.10. The van der Waals surface area contributed by atoms with Crippen molar-refractivity contribution in [3.63, 3.8) is 0 Å². The third-order valence-corrected chi connectivity index (χ3v) is 6.34. The van der Waals surface area contributed by atoms with Crippen LogP contribution in [0.3, 0.4) is 0 Å². The number of furan rings is 1. The molecule has 0 bridgehead atoms. The predicted octanol–water partition coefficient (Wildman–Crippen LogP) is 5.59. The normalized spacial score (nSPS) is 11.1. The molecule has 0 saturated carbocycles. The van der Waals surface area contributed by atoms with Crippen LogP contribution in [0.2, 0.25) is 0 Å². The number of rotatable bonds is 8. The Kier molecular flexibility index (Phi) is 8.18. The van der Waals surface area contributed by atoms with Gasteiger partial charge < -0.3 is 14.8 Å². The first-order valence-corrected chi connectivity index (χ1v) is 12.6. The first-order valence-electron chi connectivity index (χ1n) is 12.6. The van der Waals surface area contributed by atoms with E-state index in [0.29, 0.717) is 5.56 Å². The molecule has 0 fully saturated rings. The van der Waals surface area contributed by atoms with Crippen LogP contribution in [0.4, 0.5) is 11.4 Å². The van der Waals surface area contributed by atoms with Crippen molar-refractivity contribution >= 4 is 23.2 Å². The van der Waals surface area contributed by atoms with Gasteiger partial charge in [0.05, 0.1) is 11.2 Å². The summed E-state index contributed by atoms with van der Waals surface area (Å²) in [6.45, 7) is 7.38. The van der Waals surface area contributed by atoms with Gasteiger partial charge in [-0.2, -0.15) is 0 Å². The van der Waals surface area contributed by atoms with Gasteiger partial charge >= 0.3 is 11.6 Å². The van der Waals surface area contributed by atoms with Crippen LogP contribution in [0.1, 0.15) is 52.8 Å². The lowest BCUT2D eigenvalue weighted by Crippen LogP contribution is -2.41. The second kappa shape index (κ2) is 11.7. The summed E-state index contributed by atoms with van der Waals surface area (Å²) in [6.07, 6.45) is 2.25. The van der Waals surface area contributed by atoms with Crippen molar-refractivity contribution < 1.29 is 24.0 Å². The molecule has 0 aliphatic heterocycles. The Hall–Kier alpha value is -5.12. The minimum absolute atomic E-state index is 0.0171. The van der Waals surface area contributed by atoms with E-state index in [-0.39, 0.29) is 16.7 Å². The summed E-state index contributed by atoms with van der Waals surface area (Å²) in [7, 11) is 0. The number of carbonyl (C=O) groups excluding carboxylic acids is 2. The van der Waals surface area contributed by atoms with Crippen LogP contribution in [0.5, 0.6) is 5.75 Å². The van der Waals surface area contributed by atoms with Crippen molar-refractivity contribution in [2.24, 2.45) is 0 Å². The lowest BCUT2D eigenvalue weighted by molar-refractivity contribution is -0.385. The van der Waals surface area contributed by atoms with Crippen LogP contribution < -0.4 is 16.2 Å². The SMILES string of the molecule is CC(C)(C)c1ccccc1CCNc1ccc(-c2ccoc2C(=O)NNC(=O)c2ccc(O)c([N+](=O)[O-])c2)cc1. The molecule has 206 valence electrons. The lowest BCUT2D eigenvalue weighted by Gasteiger charge is -2.23. The molecule has 0 radical (unpaired) electrons. The molecule has 0 saturated heterocycles. The molecule has 0 unspecified atom stereocenters. The van der Waals surface area contributed by atoms with Gasteiger partial charge in [-0.25, -0.2) is 0 Å². The number of nitro groups is 1. The van der Waals surface area contributed by atoms with Crippen molar-refractivity contribution in [1.29, 1.82) is 0 Å². The summed E-state index contributed by atoms with van der Waals surface area (Å²) in [4.78, 5) is 35.3. The number of phenols is 1. The van der Waals surface area contributed by atoms with Gasteiger partial charge in [-0.3, -0.25) is 30.6 Å². The number of hydrogen-bond donors (Lipinski definition) is 4. The average Bonchev–Trinajstić information content (AvgIpc) is 3.42. The van der Waals surface area contributed by atoms with Gasteiger partial charge in [0.25, 0.3) is 5.91 Å². The fraction of sp³-hybridized carbons (Fsp3) is 0.200. The molecule has 1 aromatic heterocycles. The van der Waals surface area contributed by atoms with Crippen molar-refractivity contribution in [3.05, 3.63) is 112 Å². The molecular formula is C30H30N4O6. The van der Waals surface area contributed by atoms with Crippen molar-refractivity contribution in [2.45, 2.75) is 32.6 Å². The zero-order valence-corrected chi connectivity index (χ0v) is 22.4. The predicted molar refractivity (Wildman–Crippen MR) is 151 cm³/mol. The fourth-order valence-electron chi connectivity index (χ4n) is 4.34. The molecule has 40 heavy (non-hydrogen) atoms. The van der Waals surface area contributed by atoms with E-state index >= 15 is 0 Å². The van der Waals surface area contributed by atoms with E-state index in [2.05, 4.69) is 61.2 Å². The van der Waals surface area contributed by atoms with E-state index in [4.69, 9.17) is 4.42 Å². The molecule has 10 heteroatoms. The Balaban J connectivity index is 1.36. The van der Waals surface area contributed by atoms with Crippen LogP contribution in [0, 0.1) is 10.1 Å². The number of nitrogens with zero attached hydrogens (tertiary/aromatic N) is 1. The Morgan fingerprint density at radius 2 is 1.65 bits per heavy atom. The zero-order chi connectivity index (χ0) is 28.9. The first kappa shape index (κ1) is 27.9. The molecule has 0 atom stereocenters. The molecule has 0 spiro atoms. The number of hydrogen-bond acceptors (Lipinski definition) is 7. The summed E-state index contributed by atoms with van der Waals surface area (Å²) in [5.41, 5.74) is 8.62. The number of amides is 2. The van der Waals surface area contributed by atoms with E-state index in [9.17, 15) is 24.8 Å². The van der Waals surface area contributed by atoms with Crippen molar-refractivity contribution in [2.75, 3.05) is 11.9 Å². The van der Waals surface area contributed by atoms with Gasteiger partial charge in [-0.15, -0.1) is 0 Å². The lowest BCUT2D eigenvalue weighted by atomic mass is 9.83. The third-order valence-electron chi connectivity index (χ3n) is 6.34. The second-order valence-corrected chi connectivity index (χ2v) is 10.2. The smallest absolute Gasteiger partial charge is 0.311 e. The minimum Gasteiger partial charge on any atom is -0.502 e. The van der Waals surface area contributed by atoms with E-state index in [1.165, 1.54) is 23.5 Å². The number of hydrazine groups is 1. The summed E-state index contributed by atoms with van der Waals surface area (Å²) >= 11 is 0. The van der Waals surface area contributed by atoms with Crippen LogP contribution >= 0.6 is 0 Å². The Bertz CT molecular complexity index is 1540. The van der Waals surface area contributed by atoms with Crippen molar-refractivity contribution in [3.8, 4) is 16.9 Å². The Morgan fingerprint density at radius 1 is 0.950 bits per heavy atom. The standard InChI is InChI=1S/C30H30N4O6/c1-30(2,3)24-7-5-4-6-20(24)14-16-31-22-11-8-19(9-12-22)23-15-17-40-27(23)29(37)33-32-28(36)21-10-13-26(35)25(18-21)34(38)39/h4-13,15,17-18,31,35H,14,16H2,1-3H3,(H,32,36)(H,33,37). The minimum atomic E-state index is -0.813. The molecule has 4 N–H and O–H groups in total. The van der Waals surface area contributed by atoms with Crippen molar-refractivity contribution in [1.82, 2.24) is 10.9 Å². The number of aromatic hydroxyl groups is 1. The maximum absolute atomic E-state index is 12.7. The molecule has 10 nitrogen and oxygen atoms in total. The third kappa shape index (κ3) is 6.47. The van der Waals surface area contributed by atoms with Crippen LogP contribution in [0.15, 0.2) is 83.5 Å². The number of carbonyl (C=O) groups is 2. The molecule has 3 aromatic carbocycles. The highest BCUT2D eigenvalue weighted by molar-refractivity contribution is 6.01. The first-order chi connectivity index (χ1) is 19.0. The summed E-state index contributed by atoms with van der Waals surface area (Å²) in [5, 5.41) is 24.0. The molecule has 1 heterocycles. The van der Waals surface area contributed by atoms with Gasteiger partial charge in [-0.1, -0.05) is 57.2 Å². The highest BCUT2D eigenvalue weighted by Crippen LogP contribution is 2.28. The largest absolute Gasteiger partial charge is 0.502 e. The van der Waals surface area contributed by atoms with E-state index in [1.807, 2.05) is 24.3 Å². The maximum atomic E-state index is 12.7. The van der Waals surface area contributed by atoms with Gasteiger partial charge in [0.2, 0.25) is 5.76 Å². The summed E-state index contributed by atoms with van der Waals surface area (Å²) < 4.78 is 5.37. The Morgan fingerprint density at radius 3 is 2.35 bits per heavy atom. The number of benzene rings is 3. The summed E-state index contributed by atoms with van der Waals surface area (Å²) in [6, 6.07) is 20.8. The molecular weight excluding hydrogens is 512 g/mol. The number of anilines is 1. The van der Waals surface area contributed by atoms with E-state index in [1.54, 1.807) is 6.07 Å². The van der Waals surface area contributed by atoms with Gasteiger partial charge in [0, 0.05) is 29.4 Å². The molecule has 0 aliphatic rings. The second-order valence-electron chi connectivity index (χ2n) is 10.2. The highest BCUT2D eigenvalue weighted by Gasteiger charge is 2.20. The van der Waals surface area contributed by atoms with E-state index in [0.717, 1.165) is 36.3 Å². The molecule has 0 aliphatic carbocycles. The van der Waals surface area contributed by atoms with Crippen LogP contribution in [-0.4, -0.2) is 28.4 Å². The molecule has 2 amide bonds. The monoisotopic (exact) mass is 542 g/mol. The highest BCUT2D eigenvalue weighted by atomic mass is 16.6. The van der Waals surface area contributed by atoms with Gasteiger partial charge in [-0.05, 0) is 58.9 Å². The van der Waals surface area contributed by atoms with Gasteiger partial charge in [0.15, 0.2) is 5.75 Å². The van der Waals surface area contributed by atoms with Crippen LogP contribution in [-0.2, 0) is 11.8 Å². The average molecular weight is 543 g/mol. The van der Waals surface area contributed by atoms with Crippen LogP contribution in [0.25, 0.3) is 11.1 Å². The molecule has 4 rings (SSSR count). The number of nitrogens with one attached hydrogen (secondary N) is 3. The zero-order valence-electron chi connectivity index (χ0n) is 22.4. The fourth-order valence-corrected chi connectivity index (χ4v) is 4.34. The number of phenolic OH excluding ortho intramolecular Hbond substituents is 1. The maximum Gasteiger partial charge on any atom is 0.311 e. The quantitative estimate of drug-likeness (QED) is 0.168. The molecule has 4 aromatic rings. The van der Waals surface area contributed by atoms with E-state index < -0.39 is 28.2 Å².